The second-order valence-electron chi connectivity index (χ2n) is 10.2. The molecule has 2 amide bonds. The molecule has 3 atom stereocenters. The molecule has 0 saturated heterocycles. The van der Waals surface area contributed by atoms with Gasteiger partial charge in [0, 0.05) is 37.1 Å². The first kappa shape index (κ1) is 34.2. The lowest BCUT2D eigenvalue weighted by Crippen LogP contribution is -2.55. The van der Waals surface area contributed by atoms with Crippen molar-refractivity contribution in [3.8, 4) is 11.5 Å². The molecule has 3 N–H and O–H groups in total. The predicted molar refractivity (Wildman–Crippen MR) is 169 cm³/mol. The number of unbranched alkanes of at least 4 members (excludes halogenated alkanes) is 2. The number of hydrogen-bond donors (Lipinski definition) is 3. The fourth-order valence-corrected chi connectivity index (χ4v) is 5.72. The van der Waals surface area contributed by atoms with Gasteiger partial charge >= 0.3 is 0 Å². The van der Waals surface area contributed by atoms with Gasteiger partial charge in [-0.2, -0.15) is 0 Å². The van der Waals surface area contributed by atoms with E-state index in [4.69, 9.17) is 9.47 Å². The quantitative estimate of drug-likeness (QED) is 0.104. The number of nitrogens with zero attached hydrogens (tertiary/aromatic N) is 1. The van der Waals surface area contributed by atoms with Crippen LogP contribution in [0.25, 0.3) is 0 Å². The van der Waals surface area contributed by atoms with Crippen molar-refractivity contribution >= 4 is 40.7 Å². The molecule has 3 unspecified atom stereocenters. The minimum atomic E-state index is -1.25. The normalized spacial score (nSPS) is 17.9. The van der Waals surface area contributed by atoms with Crippen molar-refractivity contribution in [1.82, 2.24) is 10.2 Å². The zero-order valence-corrected chi connectivity index (χ0v) is 26.3. The van der Waals surface area contributed by atoms with Crippen LogP contribution < -0.4 is 14.8 Å². The van der Waals surface area contributed by atoms with Crippen LogP contribution in [-0.4, -0.2) is 78.3 Å². The summed E-state index contributed by atoms with van der Waals surface area (Å²) >= 11 is 2.00. The molecule has 2 aromatic rings. The van der Waals surface area contributed by atoms with Gasteiger partial charge in [0.1, 0.15) is 24.3 Å². The Bertz CT molecular complexity index is 1320. The smallest absolute Gasteiger partial charge is 0.247 e. The zero-order chi connectivity index (χ0) is 31.4. The number of benzene rings is 2. The third-order valence-corrected chi connectivity index (χ3v) is 7.96. The van der Waals surface area contributed by atoms with Crippen LogP contribution in [-0.2, 0) is 16.0 Å². The molecule has 0 heterocycles. The van der Waals surface area contributed by atoms with Gasteiger partial charge in [-0.05, 0) is 84.2 Å². The van der Waals surface area contributed by atoms with Crippen molar-refractivity contribution in [2.45, 2.75) is 56.8 Å². The highest BCUT2D eigenvalue weighted by Gasteiger charge is 2.40. The summed E-state index contributed by atoms with van der Waals surface area (Å²) in [4.78, 5) is 39.7. The Morgan fingerprint density at radius 2 is 2.05 bits per heavy atom. The van der Waals surface area contributed by atoms with E-state index < -0.39 is 24.2 Å². The number of aliphatic hydroxyl groups is 2. The van der Waals surface area contributed by atoms with E-state index in [1.54, 1.807) is 29.2 Å². The molecule has 11 heteroatoms. The van der Waals surface area contributed by atoms with Crippen molar-refractivity contribution in [1.29, 1.82) is 0 Å². The monoisotopic (exact) mass is 708 g/mol. The fraction of sp³-hybridized carbons (Fsp3) is 0.406. The number of amides is 2. The van der Waals surface area contributed by atoms with Gasteiger partial charge in [0.05, 0.1) is 23.3 Å². The molecule has 9 nitrogen and oxygen atoms in total. The number of rotatable bonds is 16. The Morgan fingerprint density at radius 1 is 1.26 bits per heavy atom. The van der Waals surface area contributed by atoms with Crippen molar-refractivity contribution in [3.05, 3.63) is 81.2 Å². The van der Waals surface area contributed by atoms with E-state index >= 15 is 0 Å². The lowest BCUT2D eigenvalue weighted by Gasteiger charge is -2.41. The van der Waals surface area contributed by atoms with Gasteiger partial charge in [0.2, 0.25) is 11.8 Å². The van der Waals surface area contributed by atoms with Crippen molar-refractivity contribution in [2.24, 2.45) is 0 Å². The van der Waals surface area contributed by atoms with Crippen LogP contribution in [0.1, 0.15) is 48.0 Å². The average Bonchev–Trinajstić information content (AvgIpc) is 3.00. The molecule has 0 aliphatic heterocycles. The SMILES string of the molecule is C=CCCCCC(=O)N(CCc1cccc(F)c1)C1CC(C(=O)NCCO)=CC(Oc2c(I)cc(C=O)cc2OC)C1O. The molecule has 2 aromatic carbocycles. The summed E-state index contributed by atoms with van der Waals surface area (Å²) < 4.78 is 26.2. The highest BCUT2D eigenvalue weighted by Crippen LogP contribution is 2.37. The Morgan fingerprint density at radius 3 is 2.72 bits per heavy atom. The molecule has 0 saturated carbocycles. The summed E-state index contributed by atoms with van der Waals surface area (Å²) in [6.07, 6.45) is 4.42. The van der Waals surface area contributed by atoms with E-state index in [0.29, 0.717) is 33.8 Å². The summed E-state index contributed by atoms with van der Waals surface area (Å²) in [6.45, 7) is 3.67. The van der Waals surface area contributed by atoms with E-state index in [1.165, 1.54) is 31.4 Å². The molecule has 0 fully saturated rings. The number of aliphatic hydroxyl groups excluding tert-OH is 2. The minimum absolute atomic E-state index is 0.0271. The molecule has 0 spiro atoms. The number of halogens is 2. The molecular formula is C32H38FIN2O7. The van der Waals surface area contributed by atoms with Crippen LogP contribution in [0, 0.1) is 9.39 Å². The number of hydrogen-bond acceptors (Lipinski definition) is 7. The summed E-state index contributed by atoms with van der Waals surface area (Å²) in [7, 11) is 1.43. The first-order chi connectivity index (χ1) is 20.7. The maximum absolute atomic E-state index is 13.9. The Kier molecular flexibility index (Phi) is 13.6. The van der Waals surface area contributed by atoms with E-state index in [2.05, 4.69) is 11.9 Å². The molecule has 3 rings (SSSR count). The maximum atomic E-state index is 13.9. The number of nitrogens with one attached hydrogen (secondary N) is 1. The summed E-state index contributed by atoms with van der Waals surface area (Å²) in [5, 5.41) is 23.6. The highest BCUT2D eigenvalue weighted by atomic mass is 127. The van der Waals surface area contributed by atoms with Gasteiger partial charge < -0.3 is 29.9 Å². The van der Waals surface area contributed by atoms with Crippen LogP contribution in [0.4, 0.5) is 4.39 Å². The van der Waals surface area contributed by atoms with Crippen LogP contribution in [0.2, 0.25) is 0 Å². The molecule has 43 heavy (non-hydrogen) atoms. The molecular weight excluding hydrogens is 670 g/mol. The van der Waals surface area contributed by atoms with Gasteiger partial charge in [0.25, 0.3) is 0 Å². The maximum Gasteiger partial charge on any atom is 0.247 e. The second kappa shape index (κ2) is 17.1. The molecule has 1 aliphatic carbocycles. The molecule has 0 aromatic heterocycles. The van der Waals surface area contributed by atoms with Crippen LogP contribution in [0.3, 0.4) is 0 Å². The van der Waals surface area contributed by atoms with Crippen molar-refractivity contribution < 1.29 is 38.5 Å². The number of ether oxygens (including phenoxy) is 2. The van der Waals surface area contributed by atoms with E-state index in [1.807, 2.05) is 22.6 Å². The van der Waals surface area contributed by atoms with Gasteiger partial charge in [-0.3, -0.25) is 14.4 Å². The Labute approximate surface area is 264 Å². The largest absolute Gasteiger partial charge is 0.493 e. The van der Waals surface area contributed by atoms with Gasteiger partial charge in [0.15, 0.2) is 11.5 Å². The topological polar surface area (TPSA) is 125 Å². The molecule has 0 radical (unpaired) electrons. The first-order valence-corrected chi connectivity index (χ1v) is 15.2. The summed E-state index contributed by atoms with van der Waals surface area (Å²) in [5.41, 5.74) is 1.34. The summed E-state index contributed by atoms with van der Waals surface area (Å²) in [6, 6.07) is 8.39. The fourth-order valence-electron chi connectivity index (χ4n) is 4.96. The molecule has 0 bridgehead atoms. The second-order valence-corrected chi connectivity index (χ2v) is 11.3. The zero-order valence-electron chi connectivity index (χ0n) is 24.1. The van der Waals surface area contributed by atoms with Crippen molar-refractivity contribution in [2.75, 3.05) is 26.8 Å². The van der Waals surface area contributed by atoms with Crippen LogP contribution >= 0.6 is 22.6 Å². The number of carbonyl (C=O) groups excluding carboxylic acids is 3. The average molecular weight is 709 g/mol. The van der Waals surface area contributed by atoms with E-state index in [0.717, 1.165) is 12.8 Å². The lowest BCUT2D eigenvalue weighted by molar-refractivity contribution is -0.138. The predicted octanol–water partition coefficient (Wildman–Crippen LogP) is 3.98. The number of aldehydes is 1. The lowest BCUT2D eigenvalue weighted by atomic mass is 9.87. The van der Waals surface area contributed by atoms with Gasteiger partial charge in [-0.15, -0.1) is 6.58 Å². The first-order valence-electron chi connectivity index (χ1n) is 14.1. The van der Waals surface area contributed by atoms with E-state index in [9.17, 15) is 29.0 Å². The van der Waals surface area contributed by atoms with E-state index in [-0.39, 0.29) is 61.3 Å². The number of methoxy groups -OCH3 is 1. The highest BCUT2D eigenvalue weighted by molar-refractivity contribution is 14.1. The number of carbonyl (C=O) groups is 3. The Hall–Kier alpha value is -3.29. The summed E-state index contributed by atoms with van der Waals surface area (Å²) in [5.74, 6) is -0.513. The molecule has 232 valence electrons. The van der Waals surface area contributed by atoms with Gasteiger partial charge in [-0.1, -0.05) is 18.2 Å². The van der Waals surface area contributed by atoms with Crippen LogP contribution in [0.5, 0.6) is 11.5 Å². The minimum Gasteiger partial charge on any atom is -0.493 e. The molecule has 1 aliphatic rings. The van der Waals surface area contributed by atoms with Crippen molar-refractivity contribution in [3.63, 3.8) is 0 Å². The standard InChI is InChI=1S/C32H38FIN2O7/c1-3-4-5-6-10-29(39)36(13-11-21-8-7-9-24(33)15-21)26-18-23(32(41)35-12-14-37)19-27(30(26)40)43-31-25(34)16-22(20-38)17-28(31)42-2/h3,7-9,15-17,19-20,26-27,30,37,40H,1,4-6,10-14,18H2,2H3,(H,35,41). The number of allylic oxidation sites excluding steroid dienone is 1. The van der Waals surface area contributed by atoms with Crippen LogP contribution in [0.15, 0.2) is 60.7 Å². The third kappa shape index (κ3) is 9.60. The van der Waals surface area contributed by atoms with Gasteiger partial charge in [-0.25, -0.2) is 4.39 Å². The third-order valence-electron chi connectivity index (χ3n) is 7.16. The Balaban J connectivity index is 1.98.